The van der Waals surface area contributed by atoms with Crippen LogP contribution in [0.1, 0.15) is 0 Å². The molecule has 3 aromatic heterocycles. The van der Waals surface area contributed by atoms with Crippen molar-refractivity contribution in [3.63, 3.8) is 0 Å². The molecule has 262 valence electrons. The maximum atomic E-state index is 5.11. The second-order valence-corrected chi connectivity index (χ2v) is 14.3. The van der Waals surface area contributed by atoms with Gasteiger partial charge in [0.05, 0.1) is 27.9 Å². The Bertz CT molecular complexity index is 3170. The van der Waals surface area contributed by atoms with Gasteiger partial charge >= 0.3 is 0 Å². The molecule has 0 aliphatic heterocycles. The summed E-state index contributed by atoms with van der Waals surface area (Å²) in [6.07, 6.45) is 2.18. The van der Waals surface area contributed by atoms with Gasteiger partial charge in [0.2, 0.25) is 0 Å². The van der Waals surface area contributed by atoms with Crippen molar-refractivity contribution in [1.82, 2.24) is 19.1 Å². The highest BCUT2D eigenvalue weighted by Crippen LogP contribution is 2.39. The summed E-state index contributed by atoms with van der Waals surface area (Å²) in [5.74, 6) is 0.699. The summed E-state index contributed by atoms with van der Waals surface area (Å²) in [5, 5.41) is 6.14. The zero-order valence-corrected chi connectivity index (χ0v) is 30.4. The number of para-hydroxylation sites is 2. The molecule has 0 radical (unpaired) electrons. The minimum absolute atomic E-state index is 0.699. The molecule has 0 saturated carbocycles. The van der Waals surface area contributed by atoms with Gasteiger partial charge in [-0.3, -0.25) is 0 Å². The lowest BCUT2D eigenvalue weighted by molar-refractivity contribution is 1.13. The molecule has 8 aromatic carbocycles. The van der Waals surface area contributed by atoms with E-state index in [-0.39, 0.29) is 0 Å². The first-order chi connectivity index (χ1) is 27.7. The number of aromatic nitrogens is 4. The van der Waals surface area contributed by atoms with Crippen LogP contribution in [0.3, 0.4) is 0 Å². The zero-order chi connectivity index (χ0) is 37.0. The fourth-order valence-electron chi connectivity index (χ4n) is 8.25. The number of nitrogens with zero attached hydrogens (tertiary/aromatic N) is 4. The van der Waals surface area contributed by atoms with E-state index in [0.717, 1.165) is 50.6 Å². The lowest BCUT2D eigenvalue weighted by Gasteiger charge is -2.13. The highest BCUT2D eigenvalue weighted by atomic mass is 15.0. The summed E-state index contributed by atoms with van der Waals surface area (Å²) >= 11 is 0. The monoisotopic (exact) mass is 714 g/mol. The third-order valence-corrected chi connectivity index (χ3v) is 10.9. The third kappa shape index (κ3) is 5.39. The second kappa shape index (κ2) is 13.1. The van der Waals surface area contributed by atoms with Crippen molar-refractivity contribution in [1.29, 1.82) is 0 Å². The number of rotatable bonds is 6. The van der Waals surface area contributed by atoms with Crippen molar-refractivity contribution in [3.05, 3.63) is 206 Å². The van der Waals surface area contributed by atoms with E-state index in [2.05, 4.69) is 203 Å². The lowest BCUT2D eigenvalue weighted by atomic mass is 10.0. The van der Waals surface area contributed by atoms with E-state index < -0.39 is 0 Å². The van der Waals surface area contributed by atoms with Gasteiger partial charge in [-0.1, -0.05) is 140 Å². The first-order valence-corrected chi connectivity index (χ1v) is 19.0. The molecule has 0 atom stereocenters. The number of benzene rings is 8. The summed E-state index contributed by atoms with van der Waals surface area (Å²) in [6.45, 7) is 0. The largest absolute Gasteiger partial charge is 0.317 e. The molecule has 0 aliphatic carbocycles. The molecular weight excluding hydrogens is 681 g/mol. The summed E-state index contributed by atoms with van der Waals surface area (Å²) in [6, 6.07) is 71.1. The highest BCUT2D eigenvalue weighted by molar-refractivity contribution is 6.20. The molecule has 11 rings (SSSR count). The third-order valence-electron chi connectivity index (χ3n) is 10.9. The molecule has 11 aromatic rings. The van der Waals surface area contributed by atoms with Crippen molar-refractivity contribution in [2.75, 3.05) is 0 Å². The fourth-order valence-corrected chi connectivity index (χ4v) is 8.25. The van der Waals surface area contributed by atoms with Crippen LogP contribution in [0, 0.1) is 0 Å². The molecule has 0 amide bonds. The fraction of sp³-hybridized carbons (Fsp3) is 0. The Balaban J connectivity index is 1.06. The van der Waals surface area contributed by atoms with Crippen molar-refractivity contribution < 1.29 is 0 Å². The van der Waals surface area contributed by atoms with E-state index in [4.69, 9.17) is 9.97 Å². The van der Waals surface area contributed by atoms with Crippen LogP contribution in [0.25, 0.3) is 99.9 Å². The zero-order valence-electron chi connectivity index (χ0n) is 30.4. The molecule has 0 spiro atoms. The molecule has 0 N–H and O–H groups in total. The van der Waals surface area contributed by atoms with E-state index in [0.29, 0.717) is 5.82 Å². The van der Waals surface area contributed by atoms with Crippen molar-refractivity contribution in [3.8, 4) is 56.4 Å². The van der Waals surface area contributed by atoms with Crippen LogP contribution < -0.4 is 0 Å². The van der Waals surface area contributed by atoms with E-state index in [1.807, 2.05) is 12.1 Å². The van der Waals surface area contributed by atoms with Gasteiger partial charge in [-0.25, -0.2) is 9.97 Å². The van der Waals surface area contributed by atoms with Crippen LogP contribution in [-0.2, 0) is 0 Å². The van der Waals surface area contributed by atoms with Crippen LogP contribution in [0.2, 0.25) is 0 Å². The summed E-state index contributed by atoms with van der Waals surface area (Å²) in [7, 11) is 0. The van der Waals surface area contributed by atoms with E-state index in [1.165, 1.54) is 43.5 Å². The summed E-state index contributed by atoms with van der Waals surface area (Å²) in [4.78, 5) is 10.2. The molecular formula is C52H34N4. The minimum atomic E-state index is 0.699. The highest BCUT2D eigenvalue weighted by Gasteiger charge is 2.17. The van der Waals surface area contributed by atoms with Gasteiger partial charge in [-0.05, 0) is 77.2 Å². The Morgan fingerprint density at radius 3 is 1.70 bits per heavy atom. The molecule has 0 unspecified atom stereocenters. The van der Waals surface area contributed by atoms with Crippen LogP contribution in [0.15, 0.2) is 206 Å². The van der Waals surface area contributed by atoms with Crippen LogP contribution in [-0.4, -0.2) is 19.1 Å². The van der Waals surface area contributed by atoms with Gasteiger partial charge in [0.15, 0.2) is 5.82 Å². The van der Waals surface area contributed by atoms with Crippen molar-refractivity contribution >= 4 is 43.5 Å². The van der Waals surface area contributed by atoms with Crippen molar-refractivity contribution in [2.24, 2.45) is 0 Å². The Hall–Kier alpha value is -7.56. The first-order valence-electron chi connectivity index (χ1n) is 19.0. The average Bonchev–Trinajstić information content (AvgIpc) is 3.85. The summed E-state index contributed by atoms with van der Waals surface area (Å²) < 4.78 is 4.72. The van der Waals surface area contributed by atoms with Gasteiger partial charge in [0.25, 0.3) is 0 Å². The molecule has 3 heterocycles. The quantitative estimate of drug-likeness (QED) is 0.172. The Morgan fingerprint density at radius 2 is 0.946 bits per heavy atom. The smallest absolute Gasteiger partial charge is 0.160 e. The molecule has 0 aliphatic rings. The maximum absolute atomic E-state index is 5.11. The molecule has 56 heavy (non-hydrogen) atoms. The van der Waals surface area contributed by atoms with Gasteiger partial charge in [-0.15, -0.1) is 0 Å². The Kier molecular flexibility index (Phi) is 7.46. The van der Waals surface area contributed by atoms with Gasteiger partial charge < -0.3 is 9.13 Å². The molecule has 4 heteroatoms. The van der Waals surface area contributed by atoms with Gasteiger partial charge in [0, 0.05) is 55.8 Å². The Labute approximate surface area is 324 Å². The standard InChI is InChI=1S/C52H34N4/c1-4-14-35(15-5-1)47-34-48(36-16-6-2-7-17-36)54-52(53-47)41-20-12-18-37(30-41)38-19-13-23-43(31-38)56-49-25-11-10-24-44(49)45-27-26-39-33-50-40(32-46(39)51(45)56)28-29-55(50)42-21-8-3-9-22-42/h1-34H. The van der Waals surface area contributed by atoms with Crippen LogP contribution in [0.5, 0.6) is 0 Å². The van der Waals surface area contributed by atoms with Crippen LogP contribution >= 0.6 is 0 Å². The number of fused-ring (bicyclic) bond motifs is 6. The maximum Gasteiger partial charge on any atom is 0.160 e. The normalized spacial score (nSPS) is 11.6. The predicted molar refractivity (Wildman–Crippen MR) is 232 cm³/mol. The van der Waals surface area contributed by atoms with Crippen LogP contribution in [0.4, 0.5) is 0 Å². The number of hydrogen-bond donors (Lipinski definition) is 0. The van der Waals surface area contributed by atoms with E-state index in [9.17, 15) is 0 Å². The molecule has 0 bridgehead atoms. The average molecular weight is 715 g/mol. The topological polar surface area (TPSA) is 35.6 Å². The molecule has 4 nitrogen and oxygen atoms in total. The molecule has 0 fully saturated rings. The lowest BCUT2D eigenvalue weighted by Crippen LogP contribution is -1.97. The second-order valence-electron chi connectivity index (χ2n) is 14.3. The van der Waals surface area contributed by atoms with Gasteiger partial charge in [0.1, 0.15) is 0 Å². The van der Waals surface area contributed by atoms with Crippen molar-refractivity contribution in [2.45, 2.75) is 0 Å². The predicted octanol–water partition coefficient (Wildman–Crippen LogP) is 13.3. The van der Waals surface area contributed by atoms with E-state index in [1.54, 1.807) is 0 Å². The first kappa shape index (κ1) is 31.9. The SMILES string of the molecule is c1ccc(-c2cc(-c3ccccc3)nc(-c3cccc(-c4cccc(-n5c6ccccc6c6ccc7cc8c(ccn8-c8ccccc8)cc7c65)c4)c3)n2)cc1. The minimum Gasteiger partial charge on any atom is -0.317 e. The summed E-state index contributed by atoms with van der Waals surface area (Å²) in [5.41, 5.74) is 13.0. The van der Waals surface area contributed by atoms with E-state index >= 15 is 0 Å². The Morgan fingerprint density at radius 1 is 0.339 bits per heavy atom. The van der Waals surface area contributed by atoms with Gasteiger partial charge in [-0.2, -0.15) is 0 Å². The number of hydrogen-bond acceptors (Lipinski definition) is 2. The molecule has 0 saturated heterocycles.